The van der Waals surface area contributed by atoms with Gasteiger partial charge in [0.05, 0.1) is 6.42 Å². The fourth-order valence-electron chi connectivity index (χ4n) is 6.59. The molecule has 1 aliphatic heterocycles. The Bertz CT molecular complexity index is 1350. The number of fused-ring (bicyclic) bond motifs is 2. The highest BCUT2D eigenvalue weighted by molar-refractivity contribution is 6.15. The summed E-state index contributed by atoms with van der Waals surface area (Å²) in [4.78, 5) is 63.7. The summed E-state index contributed by atoms with van der Waals surface area (Å²) in [6, 6.07) is 0. The maximum absolute atomic E-state index is 12.7. The van der Waals surface area contributed by atoms with Crippen LogP contribution >= 0.6 is 0 Å². The molecule has 0 radical (unpaired) electrons. The van der Waals surface area contributed by atoms with Crippen molar-refractivity contribution in [3.63, 3.8) is 0 Å². The average molecular weight is 759 g/mol. The van der Waals surface area contributed by atoms with Crippen LogP contribution in [0.4, 0.5) is 0 Å². The van der Waals surface area contributed by atoms with E-state index < -0.39 is 23.1 Å². The number of carbonyl (C=O) groups excluding carboxylic acids is 6. The van der Waals surface area contributed by atoms with Crippen molar-refractivity contribution in [3.8, 4) is 0 Å². The third kappa shape index (κ3) is 18.3. The third-order valence-electron chi connectivity index (χ3n) is 8.97. The quantitative estimate of drug-likeness (QED) is 0.0666. The minimum absolute atomic E-state index is 0.0162. The number of hydrogen-bond acceptors (Lipinski definition) is 10. The maximum atomic E-state index is 12.7. The molecule has 4 atom stereocenters. The second-order valence-corrected chi connectivity index (χ2v) is 18.8. The first kappa shape index (κ1) is 48.7. The molecule has 1 heterocycles. The Morgan fingerprint density at radius 1 is 0.667 bits per heavy atom. The van der Waals surface area contributed by atoms with Crippen LogP contribution in [-0.4, -0.2) is 59.9 Å². The van der Waals surface area contributed by atoms with E-state index in [0.717, 1.165) is 50.9 Å². The van der Waals surface area contributed by atoms with Crippen LogP contribution < -0.4 is 0 Å². The lowest BCUT2D eigenvalue weighted by Gasteiger charge is -2.36. The summed E-state index contributed by atoms with van der Waals surface area (Å²) in [6.45, 7) is 28.8. The number of carbonyl (C=O) groups is 4. The maximum Gasteiger partial charge on any atom is 0.373 e. The predicted octanol–water partition coefficient (Wildman–Crippen LogP) is 9.25. The van der Waals surface area contributed by atoms with Crippen molar-refractivity contribution in [1.82, 2.24) is 0 Å². The molecule has 10 nitrogen and oxygen atoms in total. The van der Waals surface area contributed by atoms with Gasteiger partial charge < -0.3 is 18.9 Å². The predicted molar refractivity (Wildman–Crippen MR) is 208 cm³/mol. The minimum atomic E-state index is -0.645. The number of esters is 3. The van der Waals surface area contributed by atoms with E-state index in [2.05, 4.69) is 26.0 Å². The van der Waals surface area contributed by atoms with E-state index in [1.807, 2.05) is 41.5 Å². The van der Waals surface area contributed by atoms with Gasteiger partial charge in [-0.1, -0.05) is 57.9 Å². The van der Waals surface area contributed by atoms with E-state index in [1.165, 1.54) is 30.4 Å². The number of hydrogen-bond donors (Lipinski definition) is 0. The molecule has 0 unspecified atom stereocenters. The zero-order valence-corrected chi connectivity index (χ0v) is 35.8. The fourth-order valence-corrected chi connectivity index (χ4v) is 6.59. The van der Waals surface area contributed by atoms with Gasteiger partial charge in [-0.2, -0.15) is 9.59 Å². The van der Waals surface area contributed by atoms with Crippen LogP contribution in [0.25, 0.3) is 0 Å². The Kier molecular flexibility index (Phi) is 19.0. The van der Waals surface area contributed by atoms with Gasteiger partial charge in [-0.15, -0.1) is 0 Å². The molecule has 0 aromatic carbocycles. The van der Waals surface area contributed by atoms with Crippen molar-refractivity contribution in [2.45, 2.75) is 172 Å². The molecule has 1 saturated heterocycles. The second-order valence-electron chi connectivity index (χ2n) is 18.8. The third-order valence-corrected chi connectivity index (χ3v) is 8.97. The summed E-state index contributed by atoms with van der Waals surface area (Å²) >= 11 is 0. The molecule has 4 aliphatic carbocycles. The minimum Gasteiger partial charge on any atom is -0.460 e. The van der Waals surface area contributed by atoms with E-state index in [9.17, 15) is 19.2 Å². The van der Waals surface area contributed by atoms with E-state index in [-0.39, 0.29) is 34.6 Å². The zero-order chi connectivity index (χ0) is 41.7. The van der Waals surface area contributed by atoms with Crippen molar-refractivity contribution < 1.29 is 47.7 Å². The summed E-state index contributed by atoms with van der Waals surface area (Å²) < 4.78 is 21.1. The van der Waals surface area contributed by atoms with Gasteiger partial charge >= 0.3 is 24.1 Å². The number of allylic oxidation sites excluding steroid dienone is 5. The molecule has 0 bridgehead atoms. The molecule has 54 heavy (non-hydrogen) atoms. The van der Waals surface area contributed by atoms with Crippen LogP contribution in [0.3, 0.4) is 0 Å². The average Bonchev–Trinajstić information content (AvgIpc) is 3.73. The SMILES string of the molecule is C1CCOC1.CC(C)(C)CC(=O)OC(C)(C)C.CCC1=C[C@H]2C(=C(C(=O)OC(C)(C)C)C(=O)OC(C)(C)C)C[C@H]2C1.CCC1=C[C@H]2C(=O)C[C@H]2C1.O=C=O. The summed E-state index contributed by atoms with van der Waals surface area (Å²) in [7, 11) is 0. The van der Waals surface area contributed by atoms with Crippen molar-refractivity contribution >= 4 is 29.8 Å². The largest absolute Gasteiger partial charge is 0.460 e. The topological polar surface area (TPSA) is 139 Å². The van der Waals surface area contributed by atoms with Crippen molar-refractivity contribution in [1.29, 1.82) is 0 Å². The molecule has 0 spiro atoms. The normalized spacial score (nSPS) is 22.3. The molecule has 0 aromatic heterocycles. The Hall–Kier alpha value is -3.36. The number of ether oxygens (including phenoxy) is 4. The number of Topliss-reactive ketones (excluding diaryl/α,β-unsaturated/α-hetero) is 1. The van der Waals surface area contributed by atoms with Crippen LogP contribution in [-0.2, 0) is 47.7 Å². The van der Waals surface area contributed by atoms with E-state index >= 15 is 0 Å². The van der Waals surface area contributed by atoms with Crippen LogP contribution in [0.15, 0.2) is 34.4 Å². The van der Waals surface area contributed by atoms with E-state index in [1.54, 1.807) is 41.5 Å². The number of rotatable bonds is 5. The fraction of sp³-hybridized carbons (Fsp3) is 0.750. The summed E-state index contributed by atoms with van der Waals surface area (Å²) in [5.41, 5.74) is 2.27. The lowest BCUT2D eigenvalue weighted by atomic mass is 9.69. The monoisotopic (exact) mass is 758 g/mol. The molecule has 0 aromatic rings. The molecule has 3 fully saturated rings. The molecule has 5 rings (SSSR count). The number of ketones is 1. The molecular formula is C44H70O10. The standard InChI is InChI=1S/C20H30O4.C10H20O2.C9H12O.C4H8O.CO2/c1-8-12-9-13-11-15(14(13)10-12)16(17(21)23-19(2,3)4)18(22)24-20(5,6)7;1-9(2,3)7-8(11)12-10(4,5)6;1-2-6-3-7-5-9(10)8(7)4-6;1-2-4-5-3-1;2-1-3/h10,13-14H,8-9,11H2,1-7H3;7H2,1-6H3;4,7-8H,2-3,5H2,1H3;1-4H2;/t13-,14-;;7-,8-;;/m1.1../s1. The van der Waals surface area contributed by atoms with Crippen LogP contribution in [0.2, 0.25) is 0 Å². The summed E-state index contributed by atoms with van der Waals surface area (Å²) in [5.74, 6) is 0.984. The molecule has 0 N–H and O–H groups in total. The Labute approximate surface area is 325 Å². The van der Waals surface area contributed by atoms with Crippen molar-refractivity contribution in [3.05, 3.63) is 34.4 Å². The van der Waals surface area contributed by atoms with Crippen LogP contribution in [0.5, 0.6) is 0 Å². The van der Waals surface area contributed by atoms with Gasteiger partial charge in [-0.3, -0.25) is 9.59 Å². The van der Waals surface area contributed by atoms with Gasteiger partial charge in [0.1, 0.15) is 28.2 Å². The van der Waals surface area contributed by atoms with E-state index in [4.69, 9.17) is 28.5 Å². The molecule has 5 aliphatic rings. The highest BCUT2D eigenvalue weighted by atomic mass is 16.6. The Morgan fingerprint density at radius 2 is 1.07 bits per heavy atom. The van der Waals surface area contributed by atoms with E-state index in [0.29, 0.717) is 30.0 Å². The first-order valence-corrected chi connectivity index (χ1v) is 19.6. The molecule has 306 valence electrons. The van der Waals surface area contributed by atoms with Gasteiger partial charge in [0.15, 0.2) is 0 Å². The molecular weight excluding hydrogens is 688 g/mol. The zero-order valence-electron chi connectivity index (χ0n) is 35.8. The molecule has 0 amide bonds. The van der Waals surface area contributed by atoms with Gasteiger partial charge in [0, 0.05) is 31.5 Å². The lowest BCUT2D eigenvalue weighted by molar-refractivity contribution is -0.192. The summed E-state index contributed by atoms with van der Waals surface area (Å²) in [5, 5.41) is 0. The second kappa shape index (κ2) is 21.1. The van der Waals surface area contributed by atoms with Gasteiger partial charge in [0.2, 0.25) is 0 Å². The first-order valence-electron chi connectivity index (χ1n) is 19.6. The van der Waals surface area contributed by atoms with Crippen LogP contribution in [0, 0.1) is 29.1 Å². The van der Waals surface area contributed by atoms with Gasteiger partial charge in [-0.25, -0.2) is 9.59 Å². The van der Waals surface area contributed by atoms with Crippen molar-refractivity contribution in [2.24, 2.45) is 29.1 Å². The van der Waals surface area contributed by atoms with Crippen LogP contribution in [0.1, 0.15) is 155 Å². The van der Waals surface area contributed by atoms with Gasteiger partial charge in [-0.05, 0) is 130 Å². The smallest absolute Gasteiger partial charge is 0.373 e. The molecule has 2 saturated carbocycles. The first-order chi connectivity index (χ1) is 24.7. The lowest BCUT2D eigenvalue weighted by Crippen LogP contribution is -2.36. The highest BCUT2D eigenvalue weighted by Crippen LogP contribution is 2.51. The Balaban J connectivity index is 0.000000401. The highest BCUT2D eigenvalue weighted by Gasteiger charge is 2.45. The molecule has 10 heteroatoms. The Morgan fingerprint density at radius 3 is 1.39 bits per heavy atom. The van der Waals surface area contributed by atoms with Gasteiger partial charge in [0.25, 0.3) is 0 Å². The van der Waals surface area contributed by atoms with Crippen molar-refractivity contribution in [2.75, 3.05) is 13.2 Å². The summed E-state index contributed by atoms with van der Waals surface area (Å²) in [6.07, 6.45) is 13.8.